The molecule has 174 valence electrons. The summed E-state index contributed by atoms with van der Waals surface area (Å²) in [5.41, 5.74) is 7.97. The molecule has 3 nitrogen and oxygen atoms in total. The van der Waals surface area contributed by atoms with Gasteiger partial charge in [-0.2, -0.15) is 0 Å². The minimum absolute atomic E-state index is 0.545. The second kappa shape index (κ2) is 8.14. The monoisotopic (exact) mass is 450 g/mol. The molecular weight excluding hydrogens is 408 g/mol. The molecule has 0 radical (unpaired) electrons. The molecule has 1 N–H and O–H groups in total. The van der Waals surface area contributed by atoms with Crippen molar-refractivity contribution in [2.75, 3.05) is 13.2 Å². The zero-order chi connectivity index (χ0) is 22.8. The number of aromatic nitrogens is 1. The molecule has 1 aromatic heterocycles. The predicted molar refractivity (Wildman–Crippen MR) is 138 cm³/mol. The fraction of sp³-hybridized carbons (Fsp3) is 0.643. The van der Waals surface area contributed by atoms with Crippen LogP contribution in [0.4, 0.5) is 0 Å². The molecule has 4 bridgehead atoms. The van der Waals surface area contributed by atoms with Crippen LogP contribution in [0, 0.1) is 11.8 Å². The Hall–Kier alpha value is -1.36. The third kappa shape index (κ3) is 3.13. The lowest BCUT2D eigenvalue weighted by molar-refractivity contribution is -0.0487. The molecule has 0 aliphatic carbocycles. The highest BCUT2D eigenvalue weighted by Gasteiger charge is 2.54. The maximum atomic E-state index is 7.22. The van der Waals surface area contributed by atoms with Gasteiger partial charge in [-0.1, -0.05) is 71.4 Å². The number of aromatic amines is 1. The molecule has 5 heterocycles. The lowest BCUT2D eigenvalue weighted by atomic mass is 9.64. The van der Waals surface area contributed by atoms with Gasteiger partial charge in [0, 0.05) is 41.7 Å². The Labute approximate surface area is 195 Å². The van der Waals surface area contributed by atoms with Gasteiger partial charge in [0.15, 0.2) is 8.32 Å². The first-order valence-electron chi connectivity index (χ1n) is 12.9. The second-order valence-electron chi connectivity index (χ2n) is 11.5. The van der Waals surface area contributed by atoms with Crippen LogP contribution in [0.15, 0.2) is 35.9 Å². The van der Waals surface area contributed by atoms with Crippen molar-refractivity contribution in [3.8, 4) is 0 Å². The van der Waals surface area contributed by atoms with E-state index < -0.39 is 8.32 Å². The summed E-state index contributed by atoms with van der Waals surface area (Å²) in [5.74, 6) is 1.27. The van der Waals surface area contributed by atoms with Crippen LogP contribution in [-0.2, 0) is 10.8 Å². The smallest absolute Gasteiger partial charge is 0.200 e. The Kier molecular flexibility index (Phi) is 5.71. The van der Waals surface area contributed by atoms with Gasteiger partial charge in [-0.3, -0.25) is 4.90 Å². The zero-order valence-corrected chi connectivity index (χ0v) is 22.1. The van der Waals surface area contributed by atoms with Crippen LogP contribution in [0.3, 0.4) is 0 Å². The first kappa shape index (κ1) is 22.4. The molecule has 3 fully saturated rings. The van der Waals surface area contributed by atoms with Crippen LogP contribution in [0.1, 0.15) is 72.2 Å². The van der Waals surface area contributed by atoms with Gasteiger partial charge >= 0.3 is 0 Å². The fourth-order valence-electron chi connectivity index (χ4n) is 8.04. The quantitative estimate of drug-likeness (QED) is 0.371. The van der Waals surface area contributed by atoms with Gasteiger partial charge < -0.3 is 9.41 Å². The van der Waals surface area contributed by atoms with E-state index in [4.69, 9.17) is 4.43 Å². The van der Waals surface area contributed by atoms with E-state index in [-0.39, 0.29) is 0 Å². The first-order chi connectivity index (χ1) is 15.3. The summed E-state index contributed by atoms with van der Waals surface area (Å²) in [6.07, 6.45) is 4.81. The van der Waals surface area contributed by atoms with E-state index in [1.165, 1.54) is 23.0 Å². The van der Waals surface area contributed by atoms with E-state index in [9.17, 15) is 0 Å². The number of nitrogens with zero attached hydrogens (tertiary/aromatic N) is 1. The highest BCUT2D eigenvalue weighted by Crippen LogP contribution is 2.55. The summed E-state index contributed by atoms with van der Waals surface area (Å²) >= 11 is 0. The van der Waals surface area contributed by atoms with E-state index in [1.807, 2.05) is 0 Å². The number of hydrogen-bond donors (Lipinski definition) is 1. The molecule has 4 aliphatic heterocycles. The molecule has 3 saturated heterocycles. The SMILES string of the molecule is C/C=C1/CN2[C@H]3C[C@@H]1[C@H](CO[Si](C(C)C)(C(C)C)C(C)C)[C@@H]2Cc1c3[nH]c2ccccc12. The van der Waals surface area contributed by atoms with E-state index in [2.05, 4.69) is 88.7 Å². The minimum Gasteiger partial charge on any atom is -0.416 e. The number of piperidine rings is 3. The summed E-state index contributed by atoms with van der Waals surface area (Å²) in [6, 6.07) is 10.1. The van der Waals surface area contributed by atoms with Crippen molar-refractivity contribution in [2.45, 2.75) is 90.0 Å². The Balaban J connectivity index is 1.50. The summed E-state index contributed by atoms with van der Waals surface area (Å²) in [7, 11) is -1.86. The Bertz CT molecular complexity index is 998. The molecule has 6 rings (SSSR count). The molecular formula is C28H42N2OSi. The van der Waals surface area contributed by atoms with Crippen LogP contribution in [0.2, 0.25) is 16.6 Å². The highest BCUT2D eigenvalue weighted by molar-refractivity contribution is 6.77. The third-order valence-corrected chi connectivity index (χ3v) is 15.4. The van der Waals surface area contributed by atoms with Crippen molar-refractivity contribution in [1.29, 1.82) is 0 Å². The lowest BCUT2D eigenvalue weighted by Gasteiger charge is -2.59. The Morgan fingerprint density at radius 2 is 1.78 bits per heavy atom. The highest BCUT2D eigenvalue weighted by atomic mass is 28.4. The normalized spacial score (nSPS) is 30.8. The zero-order valence-electron chi connectivity index (χ0n) is 21.1. The van der Waals surface area contributed by atoms with E-state index in [0.717, 1.165) is 19.6 Å². The molecule has 0 spiro atoms. The minimum atomic E-state index is -1.86. The lowest BCUT2D eigenvalue weighted by Crippen LogP contribution is -2.62. The molecule has 4 heteroatoms. The number of H-pyrrole nitrogens is 1. The largest absolute Gasteiger partial charge is 0.416 e. The second-order valence-corrected chi connectivity index (χ2v) is 17.0. The summed E-state index contributed by atoms with van der Waals surface area (Å²) in [4.78, 5) is 6.64. The Morgan fingerprint density at radius 3 is 2.44 bits per heavy atom. The molecule has 4 aliphatic rings. The standard InChI is InChI=1S/C28H42N2OSi/c1-8-20-15-30-26-14-23-21-11-9-10-12-25(21)29-28(23)27(30)13-22(20)24(26)16-31-32(17(2)3,18(4)5)19(6)7/h8-12,17-19,22,24,26-27,29H,13-16H2,1-7H3/b20-8-/t22-,24-,26-,27-/m0/s1. The number of para-hydroxylation sites is 1. The average Bonchev–Trinajstić information content (AvgIpc) is 3.13. The third-order valence-electron chi connectivity index (χ3n) is 9.35. The maximum absolute atomic E-state index is 7.22. The molecule has 5 atom stereocenters. The van der Waals surface area contributed by atoms with E-state index >= 15 is 0 Å². The summed E-state index contributed by atoms with van der Waals surface area (Å²) in [6.45, 7) is 18.8. The maximum Gasteiger partial charge on any atom is 0.200 e. The van der Waals surface area contributed by atoms with E-state index in [0.29, 0.717) is 40.5 Å². The van der Waals surface area contributed by atoms with Gasteiger partial charge in [-0.15, -0.1) is 0 Å². The van der Waals surface area contributed by atoms with Crippen LogP contribution in [0.25, 0.3) is 10.9 Å². The molecule has 0 saturated carbocycles. The van der Waals surface area contributed by atoms with Crippen molar-refractivity contribution in [3.05, 3.63) is 47.2 Å². The van der Waals surface area contributed by atoms with Crippen molar-refractivity contribution in [2.24, 2.45) is 11.8 Å². The van der Waals surface area contributed by atoms with Gasteiger partial charge in [0.25, 0.3) is 0 Å². The number of rotatable bonds is 6. The van der Waals surface area contributed by atoms with E-state index in [1.54, 1.807) is 11.1 Å². The summed E-state index contributed by atoms with van der Waals surface area (Å²) in [5, 5.41) is 1.44. The average molecular weight is 451 g/mol. The van der Waals surface area contributed by atoms with Crippen molar-refractivity contribution >= 4 is 19.2 Å². The summed E-state index contributed by atoms with van der Waals surface area (Å²) < 4.78 is 7.22. The molecule has 0 amide bonds. The number of fused-ring (bicyclic) bond motifs is 4. The number of allylic oxidation sites excluding steroid dienone is 1. The first-order valence-corrected chi connectivity index (χ1v) is 15.1. The Morgan fingerprint density at radius 1 is 1.09 bits per heavy atom. The van der Waals surface area contributed by atoms with Gasteiger partial charge in [-0.25, -0.2) is 0 Å². The topological polar surface area (TPSA) is 28.3 Å². The molecule has 32 heavy (non-hydrogen) atoms. The van der Waals surface area contributed by atoms with Gasteiger partial charge in [-0.05, 0) is 53.9 Å². The van der Waals surface area contributed by atoms with Crippen LogP contribution in [-0.4, -0.2) is 37.4 Å². The van der Waals surface area contributed by atoms with Gasteiger partial charge in [0.2, 0.25) is 0 Å². The number of nitrogens with one attached hydrogen (secondary N) is 1. The molecule has 1 unspecified atom stereocenters. The van der Waals surface area contributed by atoms with Crippen LogP contribution >= 0.6 is 0 Å². The van der Waals surface area contributed by atoms with Gasteiger partial charge in [0.05, 0.1) is 6.04 Å². The van der Waals surface area contributed by atoms with Crippen LogP contribution < -0.4 is 0 Å². The van der Waals surface area contributed by atoms with Crippen molar-refractivity contribution < 1.29 is 4.43 Å². The number of hydrogen-bond acceptors (Lipinski definition) is 2. The van der Waals surface area contributed by atoms with Crippen LogP contribution in [0.5, 0.6) is 0 Å². The van der Waals surface area contributed by atoms with Crippen molar-refractivity contribution in [1.82, 2.24) is 9.88 Å². The number of benzene rings is 1. The van der Waals surface area contributed by atoms with Gasteiger partial charge in [0.1, 0.15) is 0 Å². The van der Waals surface area contributed by atoms with Crippen molar-refractivity contribution in [3.63, 3.8) is 0 Å². The molecule has 1 aromatic carbocycles. The molecule has 2 aromatic rings. The predicted octanol–water partition coefficient (Wildman–Crippen LogP) is 7.22. The fourth-order valence-corrected chi connectivity index (χ4v) is 13.5.